The third-order valence-corrected chi connectivity index (χ3v) is 2.91. The first-order chi connectivity index (χ1) is 8.08. The lowest BCUT2D eigenvalue weighted by Gasteiger charge is -1.99. The van der Waals surface area contributed by atoms with Gasteiger partial charge in [-0.25, -0.2) is 4.68 Å². The van der Waals surface area contributed by atoms with Crippen LogP contribution in [0.1, 0.15) is 0 Å². The monoisotopic (exact) mass is 274 g/mol. The lowest BCUT2D eigenvalue weighted by atomic mass is 10.4. The molecular formula is C8H7ClN4O3S. The Labute approximate surface area is 105 Å². The number of carbonyl (C=O) groups is 1. The van der Waals surface area contributed by atoms with Gasteiger partial charge in [-0.05, 0) is 23.7 Å². The number of hydrogen-bond acceptors (Lipinski definition) is 6. The van der Waals surface area contributed by atoms with Crippen molar-refractivity contribution in [3.8, 4) is 11.6 Å². The molecule has 0 saturated heterocycles. The summed E-state index contributed by atoms with van der Waals surface area (Å²) >= 11 is 6.59. The van der Waals surface area contributed by atoms with Crippen LogP contribution in [0.5, 0.6) is 0 Å². The zero-order chi connectivity index (χ0) is 12.4. The number of nitrogen functional groups attached to an aromatic ring is 1. The van der Waals surface area contributed by atoms with Crippen molar-refractivity contribution in [3.05, 3.63) is 17.4 Å². The van der Waals surface area contributed by atoms with Gasteiger partial charge in [0.2, 0.25) is 11.0 Å². The summed E-state index contributed by atoms with van der Waals surface area (Å²) in [6.45, 7) is 0. The number of furan rings is 1. The van der Waals surface area contributed by atoms with Crippen LogP contribution in [0.15, 0.2) is 21.7 Å². The summed E-state index contributed by atoms with van der Waals surface area (Å²) in [5.74, 6) is 5.25. The Morgan fingerprint density at radius 3 is 2.94 bits per heavy atom. The summed E-state index contributed by atoms with van der Waals surface area (Å²) in [5.41, 5.74) is 0. The highest BCUT2D eigenvalue weighted by atomic mass is 35.5. The number of carboxylic acid groups (broad SMARTS) is 1. The summed E-state index contributed by atoms with van der Waals surface area (Å²) in [4.78, 5) is 10.4. The minimum Gasteiger partial charge on any atom is -0.481 e. The minimum absolute atomic E-state index is 0.145. The van der Waals surface area contributed by atoms with E-state index in [0.29, 0.717) is 5.76 Å². The lowest BCUT2D eigenvalue weighted by Crippen LogP contribution is -2.12. The number of carboxylic acids is 1. The average molecular weight is 275 g/mol. The molecular weight excluding hydrogens is 268 g/mol. The van der Waals surface area contributed by atoms with Gasteiger partial charge >= 0.3 is 5.97 Å². The number of hydrogen-bond donors (Lipinski definition) is 2. The molecule has 0 unspecified atom stereocenters. The molecule has 2 heterocycles. The van der Waals surface area contributed by atoms with Crippen LogP contribution in [0.3, 0.4) is 0 Å². The van der Waals surface area contributed by atoms with E-state index < -0.39 is 5.97 Å². The third kappa shape index (κ3) is 2.53. The van der Waals surface area contributed by atoms with Gasteiger partial charge in [0.1, 0.15) is 0 Å². The number of nitrogens with zero attached hydrogens (tertiary/aromatic N) is 3. The molecule has 0 bridgehead atoms. The van der Waals surface area contributed by atoms with Gasteiger partial charge in [0.25, 0.3) is 0 Å². The molecule has 0 aliphatic rings. The van der Waals surface area contributed by atoms with Crippen molar-refractivity contribution in [2.24, 2.45) is 0 Å². The molecule has 3 N–H and O–H groups in total. The molecule has 90 valence electrons. The van der Waals surface area contributed by atoms with E-state index >= 15 is 0 Å². The predicted octanol–water partition coefficient (Wildman–Crippen LogP) is 1.08. The summed E-state index contributed by atoms with van der Waals surface area (Å²) in [6, 6.07) is 3.15. The molecule has 0 amide bonds. The smallest absolute Gasteiger partial charge is 0.313 e. The molecule has 0 aliphatic heterocycles. The van der Waals surface area contributed by atoms with Gasteiger partial charge in [0, 0.05) is 0 Å². The van der Waals surface area contributed by atoms with Crippen LogP contribution in [0, 0.1) is 0 Å². The van der Waals surface area contributed by atoms with Crippen molar-refractivity contribution in [1.82, 2.24) is 14.9 Å². The van der Waals surface area contributed by atoms with Crippen LogP contribution >= 0.6 is 23.4 Å². The van der Waals surface area contributed by atoms with Gasteiger partial charge < -0.3 is 15.4 Å². The van der Waals surface area contributed by atoms with E-state index in [1.165, 1.54) is 0 Å². The lowest BCUT2D eigenvalue weighted by molar-refractivity contribution is -0.133. The Morgan fingerprint density at radius 1 is 1.59 bits per heavy atom. The van der Waals surface area contributed by atoms with Crippen molar-refractivity contribution in [2.45, 2.75) is 5.16 Å². The Hall–Kier alpha value is -1.67. The molecule has 7 nitrogen and oxygen atoms in total. The molecule has 0 aromatic carbocycles. The number of halogens is 1. The molecule has 2 aromatic heterocycles. The maximum Gasteiger partial charge on any atom is 0.313 e. The van der Waals surface area contributed by atoms with Crippen LogP contribution in [-0.4, -0.2) is 31.7 Å². The van der Waals surface area contributed by atoms with Crippen molar-refractivity contribution in [3.63, 3.8) is 0 Å². The second-order valence-corrected chi connectivity index (χ2v) is 4.28. The Bertz CT molecular complexity index is 553. The van der Waals surface area contributed by atoms with E-state index in [9.17, 15) is 4.79 Å². The van der Waals surface area contributed by atoms with Crippen molar-refractivity contribution in [1.29, 1.82) is 0 Å². The zero-order valence-electron chi connectivity index (χ0n) is 8.33. The first-order valence-corrected chi connectivity index (χ1v) is 5.75. The van der Waals surface area contributed by atoms with Crippen LogP contribution in [0.2, 0.25) is 5.22 Å². The van der Waals surface area contributed by atoms with E-state index in [1.807, 2.05) is 0 Å². The molecule has 0 spiro atoms. The number of aliphatic carboxylic acids is 1. The van der Waals surface area contributed by atoms with Gasteiger partial charge in [-0.2, -0.15) is 0 Å². The van der Waals surface area contributed by atoms with Crippen LogP contribution in [-0.2, 0) is 4.79 Å². The van der Waals surface area contributed by atoms with Gasteiger partial charge in [0.05, 0.1) is 5.75 Å². The minimum atomic E-state index is -0.958. The van der Waals surface area contributed by atoms with Crippen LogP contribution in [0.4, 0.5) is 0 Å². The van der Waals surface area contributed by atoms with Crippen molar-refractivity contribution < 1.29 is 14.3 Å². The first kappa shape index (κ1) is 11.8. The molecule has 2 aromatic rings. The SMILES string of the molecule is Nn1c(SCC(=O)O)nnc1-c1ccc(Cl)o1. The fourth-order valence-electron chi connectivity index (χ4n) is 1.10. The molecule has 0 fully saturated rings. The van der Waals surface area contributed by atoms with Gasteiger partial charge in [0.15, 0.2) is 11.0 Å². The Kier molecular flexibility index (Phi) is 3.25. The number of thioether (sulfide) groups is 1. The molecule has 2 rings (SSSR count). The largest absolute Gasteiger partial charge is 0.481 e. The van der Waals surface area contributed by atoms with E-state index in [0.717, 1.165) is 16.4 Å². The third-order valence-electron chi connectivity index (χ3n) is 1.78. The predicted molar refractivity (Wildman–Crippen MR) is 61.2 cm³/mol. The van der Waals surface area contributed by atoms with E-state index in [-0.39, 0.29) is 22.0 Å². The van der Waals surface area contributed by atoms with Gasteiger partial charge in [-0.3, -0.25) is 4.79 Å². The summed E-state index contributed by atoms with van der Waals surface area (Å²) < 4.78 is 6.28. The van der Waals surface area contributed by atoms with Crippen molar-refractivity contribution in [2.75, 3.05) is 11.6 Å². The Balaban J connectivity index is 2.23. The summed E-state index contributed by atoms with van der Waals surface area (Å²) in [5, 5.41) is 16.6. The molecule has 0 atom stereocenters. The highest BCUT2D eigenvalue weighted by Gasteiger charge is 2.15. The quantitative estimate of drug-likeness (QED) is 0.634. The molecule has 9 heteroatoms. The molecule has 17 heavy (non-hydrogen) atoms. The average Bonchev–Trinajstić information content (AvgIpc) is 2.82. The van der Waals surface area contributed by atoms with E-state index in [1.54, 1.807) is 12.1 Å². The number of rotatable bonds is 4. The Morgan fingerprint density at radius 2 is 2.35 bits per heavy atom. The topological polar surface area (TPSA) is 107 Å². The van der Waals surface area contributed by atoms with Gasteiger partial charge in [-0.15, -0.1) is 10.2 Å². The molecule has 0 radical (unpaired) electrons. The van der Waals surface area contributed by atoms with Crippen LogP contribution < -0.4 is 5.84 Å². The van der Waals surface area contributed by atoms with Crippen molar-refractivity contribution >= 4 is 29.3 Å². The summed E-state index contributed by atoms with van der Waals surface area (Å²) in [7, 11) is 0. The fraction of sp³-hybridized carbons (Fsp3) is 0.125. The van der Waals surface area contributed by atoms with E-state index in [4.69, 9.17) is 27.0 Å². The maximum absolute atomic E-state index is 10.4. The molecule has 0 saturated carbocycles. The first-order valence-electron chi connectivity index (χ1n) is 4.38. The van der Waals surface area contributed by atoms with E-state index in [2.05, 4.69) is 10.2 Å². The second-order valence-electron chi connectivity index (χ2n) is 2.96. The standard InChI is InChI=1S/C8H7ClN4O3S/c9-5-2-1-4(16-5)7-11-12-8(13(7)10)17-3-6(14)15/h1-2H,3,10H2,(H,14,15). The highest BCUT2D eigenvalue weighted by Crippen LogP contribution is 2.24. The second kappa shape index (κ2) is 4.68. The fourth-order valence-corrected chi connectivity index (χ4v) is 1.83. The molecule has 0 aliphatic carbocycles. The number of aromatic nitrogens is 3. The normalized spacial score (nSPS) is 10.6. The zero-order valence-corrected chi connectivity index (χ0v) is 9.90. The highest BCUT2D eigenvalue weighted by molar-refractivity contribution is 7.99. The number of nitrogens with two attached hydrogens (primary N) is 1. The van der Waals surface area contributed by atoms with Gasteiger partial charge in [-0.1, -0.05) is 11.8 Å². The van der Waals surface area contributed by atoms with Crippen LogP contribution in [0.25, 0.3) is 11.6 Å². The maximum atomic E-state index is 10.4. The summed E-state index contributed by atoms with van der Waals surface area (Å²) in [6.07, 6.45) is 0.